The Kier molecular flexibility index (Phi) is 4.71. The van der Waals surface area contributed by atoms with E-state index in [1.807, 2.05) is 6.92 Å². The van der Waals surface area contributed by atoms with Crippen molar-refractivity contribution in [1.29, 1.82) is 0 Å². The summed E-state index contributed by atoms with van der Waals surface area (Å²) >= 11 is 0. The third-order valence-corrected chi connectivity index (χ3v) is 2.56. The number of hydrogen-bond donors (Lipinski definition) is 1. The molecule has 0 atom stereocenters. The average Bonchev–Trinajstić information content (AvgIpc) is 2.62. The molecule has 0 unspecified atom stereocenters. The summed E-state index contributed by atoms with van der Waals surface area (Å²) in [5.41, 5.74) is 2.77. The quantitative estimate of drug-likeness (QED) is 0.656. The van der Waals surface area contributed by atoms with Gasteiger partial charge in [-0.2, -0.15) is 0 Å². The molecule has 0 fully saturated rings. The summed E-state index contributed by atoms with van der Waals surface area (Å²) in [7, 11) is 1.31. The summed E-state index contributed by atoms with van der Waals surface area (Å²) in [6, 6.07) is 0. The van der Waals surface area contributed by atoms with Crippen LogP contribution in [-0.4, -0.2) is 30.6 Å². The Morgan fingerprint density at radius 2 is 2.00 bits per heavy atom. The minimum absolute atomic E-state index is 0.323. The van der Waals surface area contributed by atoms with Gasteiger partial charge in [0.05, 0.1) is 13.7 Å². The van der Waals surface area contributed by atoms with Crippen LogP contribution in [0.5, 0.6) is 0 Å². The molecular formula is C13H17NO4. The number of carbonyl (C=O) groups excluding carboxylic acids is 2. The van der Waals surface area contributed by atoms with E-state index < -0.39 is 11.9 Å². The molecule has 0 bridgehead atoms. The second-order valence-electron chi connectivity index (χ2n) is 3.74. The van der Waals surface area contributed by atoms with Crippen LogP contribution in [0.15, 0.2) is 6.08 Å². The molecule has 5 heteroatoms. The van der Waals surface area contributed by atoms with Crippen LogP contribution in [0.4, 0.5) is 0 Å². The molecule has 98 valence electrons. The molecule has 0 aliphatic carbocycles. The van der Waals surface area contributed by atoms with Crippen LogP contribution in [0.25, 0.3) is 6.08 Å². The summed E-state index contributed by atoms with van der Waals surface area (Å²) in [5, 5.41) is 0. The second-order valence-corrected chi connectivity index (χ2v) is 3.74. The number of ether oxygens (including phenoxy) is 2. The van der Waals surface area contributed by atoms with E-state index in [-0.39, 0.29) is 0 Å². The van der Waals surface area contributed by atoms with Crippen LogP contribution < -0.4 is 0 Å². The lowest BCUT2D eigenvalue weighted by Crippen LogP contribution is -2.06. The maximum absolute atomic E-state index is 11.7. The zero-order valence-corrected chi connectivity index (χ0v) is 11.0. The Hall–Kier alpha value is -2.04. The first-order valence-corrected chi connectivity index (χ1v) is 5.63. The van der Waals surface area contributed by atoms with Gasteiger partial charge < -0.3 is 14.5 Å². The Balaban J connectivity index is 3.05. The van der Waals surface area contributed by atoms with E-state index in [4.69, 9.17) is 4.74 Å². The summed E-state index contributed by atoms with van der Waals surface area (Å²) in [4.78, 5) is 25.7. The highest BCUT2D eigenvalue weighted by Gasteiger charge is 2.16. The number of nitrogens with one attached hydrogen (secondary N) is 1. The lowest BCUT2D eigenvalue weighted by molar-refractivity contribution is -0.134. The topological polar surface area (TPSA) is 68.4 Å². The summed E-state index contributed by atoms with van der Waals surface area (Å²) in [5.74, 6) is -0.830. The molecule has 5 nitrogen and oxygen atoms in total. The molecule has 0 saturated carbocycles. The van der Waals surface area contributed by atoms with Crippen molar-refractivity contribution in [1.82, 2.24) is 4.98 Å². The fourth-order valence-electron chi connectivity index (χ4n) is 1.64. The van der Waals surface area contributed by atoms with Gasteiger partial charge in [0.15, 0.2) is 0 Å². The number of carbonyl (C=O) groups is 2. The first-order valence-electron chi connectivity index (χ1n) is 5.63. The third-order valence-electron chi connectivity index (χ3n) is 2.56. The van der Waals surface area contributed by atoms with Crippen molar-refractivity contribution in [3.8, 4) is 0 Å². The molecule has 1 N–H and O–H groups in total. The van der Waals surface area contributed by atoms with Crippen molar-refractivity contribution in [2.75, 3.05) is 13.7 Å². The maximum Gasteiger partial charge on any atom is 0.355 e. The number of aromatic amines is 1. The Morgan fingerprint density at radius 3 is 2.56 bits per heavy atom. The number of esters is 2. The SMILES string of the molecule is CCOC(=O)c1[nH]c(C)c(C=CC(=O)OC)c1C. The minimum Gasteiger partial charge on any atom is -0.466 e. The number of hydrogen-bond acceptors (Lipinski definition) is 4. The van der Waals surface area contributed by atoms with Crippen molar-refractivity contribution in [3.05, 3.63) is 28.6 Å². The van der Waals surface area contributed by atoms with Crippen molar-refractivity contribution in [2.24, 2.45) is 0 Å². The Morgan fingerprint density at radius 1 is 1.33 bits per heavy atom. The van der Waals surface area contributed by atoms with Gasteiger partial charge in [0.2, 0.25) is 0 Å². The van der Waals surface area contributed by atoms with Crippen LogP contribution in [0.1, 0.15) is 34.2 Å². The largest absolute Gasteiger partial charge is 0.466 e. The van der Waals surface area contributed by atoms with E-state index in [9.17, 15) is 9.59 Å². The van der Waals surface area contributed by atoms with Gasteiger partial charge in [0, 0.05) is 11.8 Å². The van der Waals surface area contributed by atoms with Gasteiger partial charge in [-0.1, -0.05) is 0 Å². The molecule has 0 aliphatic rings. The molecular weight excluding hydrogens is 234 g/mol. The lowest BCUT2D eigenvalue weighted by Gasteiger charge is -2.00. The van der Waals surface area contributed by atoms with E-state index in [2.05, 4.69) is 9.72 Å². The number of H-pyrrole nitrogens is 1. The maximum atomic E-state index is 11.7. The first kappa shape index (κ1) is 14.0. The predicted molar refractivity (Wildman–Crippen MR) is 67.3 cm³/mol. The predicted octanol–water partition coefficient (Wildman–Crippen LogP) is 1.99. The molecule has 1 aromatic rings. The monoisotopic (exact) mass is 251 g/mol. The van der Waals surface area contributed by atoms with Gasteiger partial charge in [0.1, 0.15) is 5.69 Å². The minimum atomic E-state index is -0.437. The molecule has 0 amide bonds. The lowest BCUT2D eigenvalue weighted by atomic mass is 10.1. The highest BCUT2D eigenvalue weighted by atomic mass is 16.5. The van der Waals surface area contributed by atoms with Gasteiger partial charge in [-0.25, -0.2) is 9.59 Å². The summed E-state index contributed by atoms with van der Waals surface area (Å²) in [6.45, 7) is 5.70. The highest BCUT2D eigenvalue weighted by Crippen LogP contribution is 2.20. The number of methoxy groups -OCH3 is 1. The molecule has 0 radical (unpaired) electrons. The fourth-order valence-corrected chi connectivity index (χ4v) is 1.64. The number of rotatable bonds is 4. The summed E-state index contributed by atoms with van der Waals surface area (Å²) < 4.78 is 9.45. The van der Waals surface area contributed by atoms with Crippen molar-refractivity contribution in [3.63, 3.8) is 0 Å². The van der Waals surface area contributed by atoms with E-state index in [1.165, 1.54) is 13.2 Å². The van der Waals surface area contributed by atoms with Crippen molar-refractivity contribution >= 4 is 18.0 Å². The normalized spacial score (nSPS) is 10.7. The van der Waals surface area contributed by atoms with Gasteiger partial charge in [-0.05, 0) is 38.0 Å². The van der Waals surface area contributed by atoms with E-state index in [1.54, 1.807) is 19.9 Å². The molecule has 18 heavy (non-hydrogen) atoms. The van der Waals surface area contributed by atoms with Crippen LogP contribution in [0.2, 0.25) is 0 Å². The Labute approximate surface area is 106 Å². The van der Waals surface area contributed by atoms with Gasteiger partial charge >= 0.3 is 11.9 Å². The van der Waals surface area contributed by atoms with Crippen LogP contribution in [0.3, 0.4) is 0 Å². The van der Waals surface area contributed by atoms with E-state index >= 15 is 0 Å². The zero-order chi connectivity index (χ0) is 13.7. The molecule has 1 rings (SSSR count). The fraction of sp³-hybridized carbons (Fsp3) is 0.385. The molecule has 0 aliphatic heterocycles. The van der Waals surface area contributed by atoms with Crippen molar-refractivity contribution in [2.45, 2.75) is 20.8 Å². The van der Waals surface area contributed by atoms with Gasteiger partial charge in [-0.3, -0.25) is 0 Å². The van der Waals surface area contributed by atoms with Gasteiger partial charge in [-0.15, -0.1) is 0 Å². The second kappa shape index (κ2) is 6.05. The molecule has 1 aromatic heterocycles. The zero-order valence-electron chi connectivity index (χ0n) is 11.0. The Bertz CT molecular complexity index is 485. The molecule has 0 saturated heterocycles. The van der Waals surface area contributed by atoms with E-state index in [0.717, 1.165) is 16.8 Å². The first-order chi connectivity index (χ1) is 8.51. The summed E-state index contributed by atoms with van der Waals surface area (Å²) in [6.07, 6.45) is 2.94. The average molecular weight is 251 g/mol. The molecule has 0 aromatic carbocycles. The highest BCUT2D eigenvalue weighted by molar-refractivity contribution is 5.92. The van der Waals surface area contributed by atoms with Crippen LogP contribution >= 0.6 is 0 Å². The molecule has 1 heterocycles. The van der Waals surface area contributed by atoms with E-state index in [0.29, 0.717) is 12.3 Å². The van der Waals surface area contributed by atoms with Crippen LogP contribution in [0, 0.1) is 13.8 Å². The smallest absolute Gasteiger partial charge is 0.355 e. The van der Waals surface area contributed by atoms with Crippen LogP contribution in [-0.2, 0) is 14.3 Å². The van der Waals surface area contributed by atoms with Gasteiger partial charge in [0.25, 0.3) is 0 Å². The number of aromatic nitrogens is 1. The van der Waals surface area contributed by atoms with Crippen molar-refractivity contribution < 1.29 is 19.1 Å². The number of aryl methyl sites for hydroxylation is 1. The molecule has 0 spiro atoms. The standard InChI is InChI=1S/C13H17NO4/c1-5-18-13(16)12-8(2)10(9(3)14-12)6-7-11(15)17-4/h6-7,14H,5H2,1-4H3. The third kappa shape index (κ3) is 3.00.